The van der Waals surface area contributed by atoms with Crippen molar-refractivity contribution < 1.29 is 19.5 Å². The Balaban J connectivity index is 1.71. The van der Waals surface area contributed by atoms with Crippen molar-refractivity contribution in [2.75, 3.05) is 34.4 Å². The van der Waals surface area contributed by atoms with Crippen LogP contribution in [-0.2, 0) is 0 Å². The van der Waals surface area contributed by atoms with Gasteiger partial charge in [0.05, 0.1) is 31.3 Å². The van der Waals surface area contributed by atoms with E-state index >= 15 is 0 Å². The molecule has 3 aromatic rings. The lowest BCUT2D eigenvalue weighted by molar-refractivity contribution is -0.0356. The number of hydroxylamine groups is 2. The van der Waals surface area contributed by atoms with Gasteiger partial charge in [0.2, 0.25) is 0 Å². The maximum atomic E-state index is 12.1. The van der Waals surface area contributed by atoms with E-state index in [4.69, 9.17) is 14.6 Å². The Morgan fingerprint density at radius 2 is 1.55 bits per heavy atom. The van der Waals surface area contributed by atoms with Crippen molar-refractivity contribution in [3.63, 3.8) is 0 Å². The van der Waals surface area contributed by atoms with Gasteiger partial charge in [-0.25, -0.2) is 14.5 Å². The van der Waals surface area contributed by atoms with E-state index in [9.17, 15) is 10.0 Å². The zero-order chi connectivity index (χ0) is 23.5. The molecular formula is C25H30N4O4. The Morgan fingerprint density at radius 1 is 1.00 bits per heavy atom. The predicted octanol–water partition coefficient (Wildman–Crippen LogP) is 4.49. The third-order valence-electron chi connectivity index (χ3n) is 6.27. The van der Waals surface area contributed by atoms with Gasteiger partial charge in [-0.2, -0.15) is 5.10 Å². The quantitative estimate of drug-likeness (QED) is 0.458. The van der Waals surface area contributed by atoms with E-state index in [0.29, 0.717) is 18.2 Å². The first-order valence-corrected chi connectivity index (χ1v) is 11.0. The van der Waals surface area contributed by atoms with Crippen molar-refractivity contribution in [1.29, 1.82) is 0 Å². The summed E-state index contributed by atoms with van der Waals surface area (Å²) in [6.07, 6.45) is 1.59. The van der Waals surface area contributed by atoms with Crippen molar-refractivity contribution >= 4 is 6.03 Å². The molecule has 0 bridgehead atoms. The Morgan fingerprint density at radius 3 is 2.06 bits per heavy atom. The molecule has 1 saturated heterocycles. The number of benzene rings is 2. The summed E-state index contributed by atoms with van der Waals surface area (Å²) < 4.78 is 12.6. The van der Waals surface area contributed by atoms with Crippen molar-refractivity contribution in [3.05, 3.63) is 59.8 Å². The van der Waals surface area contributed by atoms with Crippen LogP contribution in [-0.4, -0.2) is 65.3 Å². The number of aromatic nitrogens is 2. The van der Waals surface area contributed by atoms with Gasteiger partial charge in [-0.1, -0.05) is 0 Å². The van der Waals surface area contributed by atoms with Crippen LogP contribution in [0.2, 0.25) is 0 Å². The molecule has 0 atom stereocenters. The maximum absolute atomic E-state index is 12.1. The summed E-state index contributed by atoms with van der Waals surface area (Å²) in [5, 5.41) is 15.2. The molecule has 0 spiro atoms. The number of hydrogen-bond acceptors (Lipinski definition) is 5. The summed E-state index contributed by atoms with van der Waals surface area (Å²) in [4.78, 5) is 13.8. The molecule has 33 heavy (non-hydrogen) atoms. The monoisotopic (exact) mass is 450 g/mol. The van der Waals surface area contributed by atoms with Crippen molar-refractivity contribution in [1.82, 2.24) is 19.7 Å². The predicted molar refractivity (Wildman–Crippen MR) is 125 cm³/mol. The number of likely N-dealkylation sites (tertiary alicyclic amines) is 1. The molecule has 4 rings (SSSR count). The van der Waals surface area contributed by atoms with E-state index in [1.807, 2.05) is 53.2 Å². The molecule has 0 saturated carbocycles. The van der Waals surface area contributed by atoms with Crippen molar-refractivity contribution in [3.8, 4) is 28.4 Å². The van der Waals surface area contributed by atoms with Crippen LogP contribution in [0.5, 0.6) is 11.5 Å². The van der Waals surface area contributed by atoms with Crippen LogP contribution in [0, 0.1) is 6.92 Å². The molecule has 0 radical (unpaired) electrons. The maximum Gasteiger partial charge on any atom is 0.343 e. The summed E-state index contributed by atoms with van der Waals surface area (Å²) in [7, 11) is 4.67. The minimum atomic E-state index is -0.368. The summed E-state index contributed by atoms with van der Waals surface area (Å²) in [6, 6.07) is 15.5. The molecular weight excluding hydrogens is 420 g/mol. The molecule has 0 unspecified atom stereocenters. The van der Waals surface area contributed by atoms with Crippen LogP contribution in [0.25, 0.3) is 16.9 Å². The third kappa shape index (κ3) is 4.52. The lowest BCUT2D eigenvalue weighted by Gasteiger charge is -2.32. The zero-order valence-electron chi connectivity index (χ0n) is 19.5. The van der Waals surface area contributed by atoms with E-state index in [0.717, 1.165) is 52.5 Å². The van der Waals surface area contributed by atoms with Crippen LogP contribution in [0.15, 0.2) is 48.5 Å². The van der Waals surface area contributed by atoms with Crippen molar-refractivity contribution in [2.24, 2.45) is 0 Å². The highest BCUT2D eigenvalue weighted by atomic mass is 16.5. The number of carbonyl (C=O) groups excluding carboxylic acids is 1. The molecule has 1 fully saturated rings. The number of ether oxygens (including phenoxy) is 2. The minimum absolute atomic E-state index is 0.231. The van der Waals surface area contributed by atoms with E-state index in [2.05, 4.69) is 6.92 Å². The molecule has 174 valence electrons. The standard InChI is InChI=1S/C25H30N4O4/c1-17-23(18-13-15-28(16-14-18)25(30)27(2)31)26-29(20-7-11-22(33-4)12-8-20)24(17)19-5-9-21(32-3)10-6-19/h5-12,18,31H,13-16H2,1-4H3. The minimum Gasteiger partial charge on any atom is -0.497 e. The molecule has 0 aliphatic carbocycles. The van der Waals surface area contributed by atoms with Crippen molar-refractivity contribution in [2.45, 2.75) is 25.7 Å². The lowest BCUT2D eigenvalue weighted by Crippen LogP contribution is -2.43. The van der Waals surface area contributed by atoms with Gasteiger partial charge in [-0.3, -0.25) is 5.21 Å². The fourth-order valence-corrected chi connectivity index (χ4v) is 4.45. The molecule has 2 amide bonds. The molecule has 1 aliphatic rings. The Bertz CT molecular complexity index is 1100. The molecule has 2 heterocycles. The molecule has 8 heteroatoms. The van der Waals surface area contributed by atoms with E-state index in [1.165, 1.54) is 7.05 Å². The van der Waals surface area contributed by atoms with Gasteiger partial charge in [0.15, 0.2) is 0 Å². The van der Waals surface area contributed by atoms with Gasteiger partial charge < -0.3 is 14.4 Å². The first-order valence-electron chi connectivity index (χ1n) is 11.0. The molecule has 1 aliphatic heterocycles. The van der Waals surface area contributed by atoms with Gasteiger partial charge in [-0.05, 0) is 73.9 Å². The number of amides is 2. The van der Waals surface area contributed by atoms with Gasteiger partial charge >= 0.3 is 6.03 Å². The number of urea groups is 1. The van der Waals surface area contributed by atoms with Crippen LogP contribution in [0.3, 0.4) is 0 Å². The first-order chi connectivity index (χ1) is 15.9. The van der Waals surface area contributed by atoms with Crippen LogP contribution in [0.4, 0.5) is 4.79 Å². The Labute approximate surface area is 193 Å². The average Bonchev–Trinajstić information content (AvgIpc) is 3.20. The van der Waals surface area contributed by atoms with Crippen LogP contribution >= 0.6 is 0 Å². The number of nitrogens with zero attached hydrogens (tertiary/aromatic N) is 4. The summed E-state index contributed by atoms with van der Waals surface area (Å²) in [5.41, 5.74) is 5.20. The Hall–Kier alpha value is -3.52. The normalized spacial score (nSPS) is 14.3. The highest BCUT2D eigenvalue weighted by molar-refractivity contribution is 5.73. The Kier molecular flexibility index (Phi) is 6.55. The summed E-state index contributed by atoms with van der Waals surface area (Å²) in [5.74, 6) is 1.83. The molecule has 2 aromatic carbocycles. The van der Waals surface area contributed by atoms with Crippen LogP contribution in [0.1, 0.15) is 30.0 Å². The average molecular weight is 451 g/mol. The second kappa shape index (κ2) is 9.54. The van der Waals surface area contributed by atoms with Gasteiger partial charge in [0.1, 0.15) is 11.5 Å². The molecule has 1 aromatic heterocycles. The zero-order valence-corrected chi connectivity index (χ0v) is 19.5. The molecule has 8 nitrogen and oxygen atoms in total. The van der Waals surface area contributed by atoms with Gasteiger partial charge in [0, 0.05) is 31.6 Å². The van der Waals surface area contributed by atoms with E-state index < -0.39 is 0 Å². The topological polar surface area (TPSA) is 80.1 Å². The highest BCUT2D eigenvalue weighted by Crippen LogP contribution is 2.36. The third-order valence-corrected chi connectivity index (χ3v) is 6.27. The summed E-state index contributed by atoms with van der Waals surface area (Å²) in [6.45, 7) is 3.28. The summed E-state index contributed by atoms with van der Waals surface area (Å²) >= 11 is 0. The van der Waals surface area contributed by atoms with Crippen LogP contribution < -0.4 is 9.47 Å². The fraction of sp³-hybridized carbons (Fsp3) is 0.360. The largest absolute Gasteiger partial charge is 0.497 e. The number of methoxy groups -OCH3 is 2. The van der Waals surface area contributed by atoms with E-state index in [-0.39, 0.29) is 11.9 Å². The number of carbonyl (C=O) groups is 1. The lowest BCUT2D eigenvalue weighted by atomic mass is 9.90. The smallest absolute Gasteiger partial charge is 0.343 e. The molecule has 1 N–H and O–H groups in total. The van der Waals surface area contributed by atoms with Gasteiger partial charge in [-0.15, -0.1) is 0 Å². The van der Waals surface area contributed by atoms with E-state index in [1.54, 1.807) is 19.1 Å². The highest BCUT2D eigenvalue weighted by Gasteiger charge is 2.29. The van der Waals surface area contributed by atoms with Gasteiger partial charge in [0.25, 0.3) is 0 Å². The SMILES string of the molecule is COc1ccc(-c2c(C)c(C3CCN(C(=O)N(C)O)CC3)nn2-c2ccc(OC)cc2)cc1. The second-order valence-corrected chi connectivity index (χ2v) is 8.26. The number of hydrogen-bond donors (Lipinski definition) is 1. The fourth-order valence-electron chi connectivity index (χ4n) is 4.45. The number of piperidine rings is 1. The first kappa shape index (κ1) is 22.7. The number of rotatable bonds is 5. The second-order valence-electron chi connectivity index (χ2n) is 8.26.